The number of hydrogen-bond acceptors (Lipinski definition) is 2. The summed E-state index contributed by atoms with van der Waals surface area (Å²) in [5, 5.41) is 8.85. The van der Waals surface area contributed by atoms with Gasteiger partial charge in [-0.3, -0.25) is 0 Å². The molecule has 2 aromatic rings. The van der Waals surface area contributed by atoms with E-state index >= 15 is 0 Å². The Kier molecular flexibility index (Phi) is 4.58. The summed E-state index contributed by atoms with van der Waals surface area (Å²) in [5.41, 5.74) is 1.33. The number of carbonyl (C=O) groups is 1. The lowest BCUT2D eigenvalue weighted by atomic mass is 10.1. The lowest BCUT2D eigenvalue weighted by molar-refractivity contribution is 0.0691. The van der Waals surface area contributed by atoms with Crippen molar-refractivity contribution in [1.82, 2.24) is 0 Å². The van der Waals surface area contributed by atoms with Crippen LogP contribution in [-0.2, 0) is 11.5 Å². The smallest absolute Gasteiger partial charge is 0.338 e. The summed E-state index contributed by atoms with van der Waals surface area (Å²) in [6.07, 6.45) is 0. The predicted octanol–water partition coefficient (Wildman–Crippen LogP) is 3.96. The molecule has 0 radical (unpaired) electrons. The van der Waals surface area contributed by atoms with Gasteiger partial charge in [0.05, 0.1) is 5.56 Å². The van der Waals surface area contributed by atoms with Gasteiger partial charge in [-0.2, -0.15) is 11.8 Å². The highest BCUT2D eigenvalue weighted by molar-refractivity contribution is 7.97. The normalized spacial score (nSPS) is 10.4. The molecule has 0 aromatic heterocycles. The third kappa shape index (κ3) is 3.58. The monoisotopic (exact) mass is 276 g/mol. The Labute approximate surface area is 115 Å². The zero-order valence-electron chi connectivity index (χ0n) is 10.2. The molecule has 4 heteroatoms. The van der Waals surface area contributed by atoms with Gasteiger partial charge in [0.15, 0.2) is 0 Å². The Bertz CT molecular complexity index is 570. The maximum absolute atomic E-state index is 13.9. The molecule has 0 bridgehead atoms. The number of benzene rings is 2. The molecule has 0 saturated heterocycles. The largest absolute Gasteiger partial charge is 0.478 e. The molecular weight excluding hydrogens is 263 g/mol. The maximum Gasteiger partial charge on any atom is 0.338 e. The molecule has 0 heterocycles. The summed E-state index contributed by atoms with van der Waals surface area (Å²) in [5.74, 6) is -0.623. The molecule has 2 rings (SSSR count). The van der Waals surface area contributed by atoms with Crippen molar-refractivity contribution in [1.29, 1.82) is 0 Å². The molecule has 0 spiro atoms. The van der Waals surface area contributed by atoms with E-state index in [-0.39, 0.29) is 5.56 Å². The average Bonchev–Trinajstić information content (AvgIpc) is 2.41. The van der Waals surface area contributed by atoms with Gasteiger partial charge in [0, 0.05) is 11.5 Å². The lowest BCUT2D eigenvalue weighted by Crippen LogP contribution is -2.03. The van der Waals surface area contributed by atoms with Gasteiger partial charge in [-0.25, -0.2) is 9.18 Å². The Morgan fingerprint density at radius 3 is 2.47 bits per heavy atom. The van der Waals surface area contributed by atoms with E-state index in [1.54, 1.807) is 23.9 Å². The van der Waals surface area contributed by atoms with Crippen LogP contribution in [0.4, 0.5) is 4.39 Å². The zero-order valence-corrected chi connectivity index (χ0v) is 11.0. The Hall–Kier alpha value is -1.81. The van der Waals surface area contributed by atoms with E-state index in [1.807, 2.05) is 30.3 Å². The molecular formula is C15H13FO2S. The second kappa shape index (κ2) is 6.38. The first-order chi connectivity index (χ1) is 9.18. The molecule has 0 amide bonds. The fourth-order valence-electron chi connectivity index (χ4n) is 1.71. The molecule has 0 aliphatic rings. The molecule has 0 atom stereocenters. The number of thioether (sulfide) groups is 1. The SMILES string of the molecule is O=C(O)c1cccc(CSCc2ccccc2)c1F. The molecule has 0 fully saturated rings. The molecule has 0 unspecified atom stereocenters. The van der Waals surface area contributed by atoms with Gasteiger partial charge in [0.1, 0.15) is 5.82 Å². The molecule has 19 heavy (non-hydrogen) atoms. The van der Waals surface area contributed by atoms with Gasteiger partial charge in [-0.1, -0.05) is 42.5 Å². The summed E-state index contributed by atoms with van der Waals surface area (Å²) in [6, 6.07) is 14.4. The van der Waals surface area contributed by atoms with Gasteiger partial charge in [0.2, 0.25) is 0 Å². The summed E-state index contributed by atoms with van der Waals surface area (Å²) in [7, 11) is 0. The first-order valence-electron chi connectivity index (χ1n) is 5.81. The van der Waals surface area contributed by atoms with E-state index in [9.17, 15) is 9.18 Å². The van der Waals surface area contributed by atoms with E-state index in [0.29, 0.717) is 11.3 Å². The number of carboxylic acid groups (broad SMARTS) is 1. The minimum Gasteiger partial charge on any atom is -0.478 e. The van der Waals surface area contributed by atoms with Crippen LogP contribution in [0.1, 0.15) is 21.5 Å². The van der Waals surface area contributed by atoms with Crippen LogP contribution in [0.25, 0.3) is 0 Å². The summed E-state index contributed by atoms with van der Waals surface area (Å²) in [4.78, 5) is 10.8. The molecule has 0 saturated carbocycles. The van der Waals surface area contributed by atoms with Gasteiger partial charge < -0.3 is 5.11 Å². The van der Waals surface area contributed by atoms with Crippen molar-refractivity contribution in [2.75, 3.05) is 0 Å². The summed E-state index contributed by atoms with van der Waals surface area (Å²) < 4.78 is 13.9. The highest BCUT2D eigenvalue weighted by Crippen LogP contribution is 2.21. The van der Waals surface area contributed by atoms with Crippen LogP contribution in [0.2, 0.25) is 0 Å². The third-order valence-electron chi connectivity index (χ3n) is 2.68. The van der Waals surface area contributed by atoms with Crippen LogP contribution in [0.15, 0.2) is 48.5 Å². The number of aromatic carboxylic acids is 1. The first-order valence-corrected chi connectivity index (χ1v) is 6.96. The number of hydrogen-bond donors (Lipinski definition) is 1. The van der Waals surface area contributed by atoms with E-state index in [0.717, 1.165) is 5.75 Å². The highest BCUT2D eigenvalue weighted by Gasteiger charge is 2.13. The van der Waals surface area contributed by atoms with Crippen molar-refractivity contribution in [2.24, 2.45) is 0 Å². The van der Waals surface area contributed by atoms with E-state index in [1.165, 1.54) is 11.6 Å². The average molecular weight is 276 g/mol. The Morgan fingerprint density at radius 2 is 1.79 bits per heavy atom. The van der Waals surface area contributed by atoms with Gasteiger partial charge in [-0.15, -0.1) is 0 Å². The van der Waals surface area contributed by atoms with Crippen molar-refractivity contribution in [2.45, 2.75) is 11.5 Å². The van der Waals surface area contributed by atoms with Gasteiger partial charge in [-0.05, 0) is 17.2 Å². The van der Waals surface area contributed by atoms with Crippen molar-refractivity contribution >= 4 is 17.7 Å². The van der Waals surface area contributed by atoms with Crippen molar-refractivity contribution in [3.05, 3.63) is 71.0 Å². The summed E-state index contributed by atoms with van der Waals surface area (Å²) >= 11 is 1.56. The van der Waals surface area contributed by atoms with E-state index < -0.39 is 11.8 Å². The van der Waals surface area contributed by atoms with Crippen molar-refractivity contribution in [3.8, 4) is 0 Å². The standard InChI is InChI=1S/C15H13FO2S/c16-14-12(7-4-8-13(14)15(17)18)10-19-9-11-5-2-1-3-6-11/h1-8H,9-10H2,(H,17,18). The fraction of sp³-hybridized carbons (Fsp3) is 0.133. The number of rotatable bonds is 5. The minimum absolute atomic E-state index is 0.266. The number of halogens is 1. The Morgan fingerprint density at radius 1 is 1.05 bits per heavy atom. The second-order valence-corrected chi connectivity index (χ2v) is 5.05. The molecule has 0 aliphatic carbocycles. The molecule has 0 aliphatic heterocycles. The fourth-order valence-corrected chi connectivity index (χ4v) is 2.68. The van der Waals surface area contributed by atoms with Crippen LogP contribution < -0.4 is 0 Å². The third-order valence-corrected chi connectivity index (χ3v) is 3.73. The van der Waals surface area contributed by atoms with Gasteiger partial charge in [0.25, 0.3) is 0 Å². The number of carboxylic acids is 1. The summed E-state index contributed by atoms with van der Waals surface area (Å²) in [6.45, 7) is 0. The van der Waals surface area contributed by atoms with E-state index in [4.69, 9.17) is 5.11 Å². The predicted molar refractivity (Wildman–Crippen MR) is 74.8 cm³/mol. The second-order valence-electron chi connectivity index (χ2n) is 4.06. The van der Waals surface area contributed by atoms with Crippen LogP contribution >= 0.6 is 11.8 Å². The highest BCUT2D eigenvalue weighted by atomic mass is 32.2. The molecule has 98 valence electrons. The minimum atomic E-state index is -1.23. The van der Waals surface area contributed by atoms with Gasteiger partial charge >= 0.3 is 5.97 Å². The van der Waals surface area contributed by atoms with E-state index in [2.05, 4.69) is 0 Å². The van der Waals surface area contributed by atoms with Crippen LogP contribution in [0.5, 0.6) is 0 Å². The molecule has 2 aromatic carbocycles. The van der Waals surface area contributed by atoms with Crippen LogP contribution in [0, 0.1) is 5.82 Å². The molecule has 2 nitrogen and oxygen atoms in total. The Balaban J connectivity index is 2.00. The lowest BCUT2D eigenvalue weighted by Gasteiger charge is -2.05. The van der Waals surface area contributed by atoms with Crippen molar-refractivity contribution in [3.63, 3.8) is 0 Å². The van der Waals surface area contributed by atoms with Crippen LogP contribution in [0.3, 0.4) is 0 Å². The zero-order chi connectivity index (χ0) is 13.7. The van der Waals surface area contributed by atoms with Crippen LogP contribution in [-0.4, -0.2) is 11.1 Å². The van der Waals surface area contributed by atoms with Crippen molar-refractivity contribution < 1.29 is 14.3 Å². The first kappa shape index (κ1) is 13.6. The quantitative estimate of drug-likeness (QED) is 0.898. The molecule has 1 N–H and O–H groups in total. The maximum atomic E-state index is 13.9. The topological polar surface area (TPSA) is 37.3 Å².